The molecule has 206 valence electrons. The van der Waals surface area contributed by atoms with Gasteiger partial charge in [0, 0.05) is 5.56 Å². The molecule has 1 rings (SSSR count). The highest BCUT2D eigenvalue weighted by molar-refractivity contribution is 6.10. The van der Waals surface area contributed by atoms with Crippen molar-refractivity contribution in [2.45, 2.75) is 54.1 Å². The van der Waals surface area contributed by atoms with Gasteiger partial charge in [-0.3, -0.25) is 9.59 Å². The van der Waals surface area contributed by atoms with Gasteiger partial charge in [-0.15, -0.1) is 0 Å². The number of rotatable bonds is 10. The maximum absolute atomic E-state index is 13.8. The number of carbonyl (C=O) groups excluding carboxylic acids is 2. The smallest absolute Gasteiger partial charge is 0.294 e. The lowest BCUT2D eigenvalue weighted by Gasteiger charge is -2.42. The average molecular weight is 566 g/mol. The molecule has 1 aromatic rings. The molecule has 0 unspecified atom stereocenters. The van der Waals surface area contributed by atoms with Crippen LogP contribution >= 0.6 is 0 Å². The summed E-state index contributed by atoms with van der Waals surface area (Å²) in [6.45, 7) is 0. The van der Waals surface area contributed by atoms with Crippen molar-refractivity contribution in [2.75, 3.05) is 0 Å². The summed E-state index contributed by atoms with van der Waals surface area (Å²) < 4.78 is 224. The van der Waals surface area contributed by atoms with Crippen LogP contribution in [0.1, 0.15) is 16.8 Å². The van der Waals surface area contributed by atoms with E-state index in [1.54, 1.807) is 0 Å². The minimum Gasteiger partial charge on any atom is -0.294 e. The van der Waals surface area contributed by atoms with Gasteiger partial charge in [-0.2, -0.15) is 74.6 Å². The second-order valence-electron chi connectivity index (χ2n) is 6.91. The molecule has 0 saturated carbocycles. The molecule has 19 heteroatoms. The summed E-state index contributed by atoms with van der Waals surface area (Å²) in [6, 6.07) is 4.68. The van der Waals surface area contributed by atoms with E-state index < -0.39 is 71.2 Å². The number of ketones is 2. The first-order valence-electron chi connectivity index (χ1n) is 8.49. The van der Waals surface area contributed by atoms with Crippen molar-refractivity contribution in [1.82, 2.24) is 0 Å². The molecule has 0 aliphatic rings. The summed E-state index contributed by atoms with van der Waals surface area (Å²) in [5.74, 6) is -63.9. The first-order valence-corrected chi connectivity index (χ1v) is 8.49. The number of carbonyl (C=O) groups is 2. The van der Waals surface area contributed by atoms with Crippen LogP contribution in [0.15, 0.2) is 30.3 Å². The fraction of sp³-hybridized carbons (Fsp3) is 0.529. The van der Waals surface area contributed by atoms with E-state index in [1.807, 2.05) is 0 Å². The highest BCUT2D eigenvalue weighted by Crippen LogP contribution is 2.64. The topological polar surface area (TPSA) is 34.1 Å². The molecule has 0 amide bonds. The van der Waals surface area contributed by atoms with E-state index in [1.165, 1.54) is 6.07 Å². The Kier molecular flexibility index (Phi) is 7.62. The monoisotopic (exact) mass is 566 g/mol. The van der Waals surface area contributed by atoms with E-state index in [0.717, 1.165) is 24.3 Å². The van der Waals surface area contributed by atoms with Crippen LogP contribution in [-0.2, 0) is 4.79 Å². The van der Waals surface area contributed by atoms with Crippen molar-refractivity contribution in [3.05, 3.63) is 35.9 Å². The molecule has 0 radical (unpaired) electrons. The minimum atomic E-state index is -8.79. The van der Waals surface area contributed by atoms with Gasteiger partial charge in [0.25, 0.3) is 0 Å². The van der Waals surface area contributed by atoms with E-state index in [4.69, 9.17) is 0 Å². The number of hydrogen-bond donors (Lipinski definition) is 0. The number of benzene rings is 1. The van der Waals surface area contributed by atoms with E-state index in [9.17, 15) is 84.2 Å². The van der Waals surface area contributed by atoms with Gasteiger partial charge in [-0.05, 0) is 0 Å². The van der Waals surface area contributed by atoms with Crippen LogP contribution in [0.25, 0.3) is 0 Å². The third kappa shape index (κ3) is 4.26. The Bertz CT molecular complexity index is 979. The third-order valence-corrected chi connectivity index (χ3v) is 4.49. The molecule has 0 aliphatic heterocycles. The maximum atomic E-state index is 13.8. The molecule has 0 fully saturated rings. The summed E-state index contributed by atoms with van der Waals surface area (Å²) in [5, 5.41) is 0. The normalized spacial score (nSPS) is 15.1. The second-order valence-corrected chi connectivity index (χ2v) is 6.91. The summed E-state index contributed by atoms with van der Waals surface area (Å²) in [6.07, 6.45) is -10.3. The van der Waals surface area contributed by atoms with Gasteiger partial charge in [-0.1, -0.05) is 30.3 Å². The molecule has 1 aromatic carbocycles. The van der Waals surface area contributed by atoms with Crippen molar-refractivity contribution in [3.63, 3.8) is 0 Å². The zero-order chi connectivity index (χ0) is 29.0. The van der Waals surface area contributed by atoms with Crippen LogP contribution in [0.5, 0.6) is 0 Å². The summed E-state index contributed by atoms with van der Waals surface area (Å²) in [5.41, 5.74) is -0.720. The summed E-state index contributed by atoms with van der Waals surface area (Å²) in [4.78, 5) is 23.0. The molecule has 0 atom stereocenters. The Morgan fingerprint density at radius 2 is 0.833 bits per heavy atom. The molecular weight excluding hydrogens is 559 g/mol. The Morgan fingerprint density at radius 1 is 0.500 bits per heavy atom. The third-order valence-electron chi connectivity index (χ3n) is 4.49. The van der Waals surface area contributed by atoms with Gasteiger partial charge in [0.1, 0.15) is 0 Å². The van der Waals surface area contributed by atoms with Gasteiger partial charge >= 0.3 is 47.6 Å². The quantitative estimate of drug-likeness (QED) is 0.177. The number of alkyl halides is 17. The van der Waals surface area contributed by atoms with Gasteiger partial charge < -0.3 is 0 Å². The predicted molar refractivity (Wildman–Crippen MR) is 81.1 cm³/mol. The Hall–Kier alpha value is -2.63. The first-order chi connectivity index (χ1) is 15.7. The molecule has 0 heterocycles. The molecule has 0 saturated heterocycles. The highest BCUT2D eigenvalue weighted by Gasteiger charge is 2.95. The van der Waals surface area contributed by atoms with Crippen molar-refractivity contribution in [3.8, 4) is 0 Å². The molecule has 0 bridgehead atoms. The van der Waals surface area contributed by atoms with Crippen molar-refractivity contribution in [1.29, 1.82) is 0 Å². The zero-order valence-corrected chi connectivity index (χ0v) is 16.3. The molecule has 0 aliphatic carbocycles. The molecule has 36 heavy (non-hydrogen) atoms. The molecule has 0 spiro atoms. The van der Waals surface area contributed by atoms with Gasteiger partial charge in [0.05, 0.1) is 6.42 Å². The van der Waals surface area contributed by atoms with E-state index in [0.29, 0.717) is 0 Å². The van der Waals surface area contributed by atoms with Crippen LogP contribution < -0.4 is 0 Å². The average Bonchev–Trinajstić information content (AvgIpc) is 2.72. The Morgan fingerprint density at radius 3 is 1.19 bits per heavy atom. The largest absolute Gasteiger partial charge is 0.460 e. The molecule has 0 aromatic heterocycles. The summed E-state index contributed by atoms with van der Waals surface area (Å²) >= 11 is 0. The Labute approximate surface area is 187 Å². The lowest BCUT2D eigenvalue weighted by molar-refractivity contribution is -0.459. The lowest BCUT2D eigenvalue weighted by Crippen LogP contribution is -2.75. The van der Waals surface area contributed by atoms with Gasteiger partial charge in [-0.25, -0.2) is 0 Å². The van der Waals surface area contributed by atoms with Gasteiger partial charge in [0.15, 0.2) is 5.78 Å². The predicted octanol–water partition coefficient (Wildman–Crippen LogP) is 6.84. The van der Waals surface area contributed by atoms with Crippen LogP contribution in [0.2, 0.25) is 0 Å². The fourth-order valence-electron chi connectivity index (χ4n) is 2.32. The second kappa shape index (κ2) is 8.74. The van der Waals surface area contributed by atoms with Crippen molar-refractivity contribution < 1.29 is 84.2 Å². The number of Topliss-reactive ketones (excluding diaryl/α,β-unsaturated/α-hetero) is 2. The number of hydrogen-bond acceptors (Lipinski definition) is 2. The Balaban J connectivity index is 3.53. The minimum absolute atomic E-state index is 0.720. The molecule has 0 N–H and O–H groups in total. The first kappa shape index (κ1) is 31.4. The molecular formula is C17H7F17O2. The standard InChI is InChI=1S/C17H7F17O2/c18-10(19,9(36)6-8(35)7-4-2-1-3-5-7)11(20,21)12(22,23)13(24,25)14(26,27)15(28,29)16(30,31)17(32,33)34/h1-5H,6H2. The van der Waals surface area contributed by atoms with Crippen LogP contribution in [0.3, 0.4) is 0 Å². The van der Waals surface area contributed by atoms with E-state index in [-0.39, 0.29) is 0 Å². The van der Waals surface area contributed by atoms with Crippen LogP contribution in [0.4, 0.5) is 74.6 Å². The lowest BCUT2D eigenvalue weighted by atomic mass is 9.87. The highest BCUT2D eigenvalue weighted by atomic mass is 19.4. The fourth-order valence-corrected chi connectivity index (χ4v) is 2.32. The van der Waals surface area contributed by atoms with Crippen LogP contribution in [-0.4, -0.2) is 59.2 Å². The summed E-state index contributed by atoms with van der Waals surface area (Å²) in [7, 11) is 0. The molecule has 2 nitrogen and oxygen atoms in total. The van der Waals surface area contributed by atoms with Crippen molar-refractivity contribution in [2.24, 2.45) is 0 Å². The van der Waals surface area contributed by atoms with Crippen molar-refractivity contribution >= 4 is 11.6 Å². The maximum Gasteiger partial charge on any atom is 0.460 e. The zero-order valence-electron chi connectivity index (χ0n) is 16.3. The van der Waals surface area contributed by atoms with Crippen LogP contribution in [0, 0.1) is 0 Å². The number of halogens is 17. The van der Waals surface area contributed by atoms with Gasteiger partial charge in [0.2, 0.25) is 5.78 Å². The SMILES string of the molecule is O=C(CC(=O)C(F)(F)C(F)(F)C(F)(F)C(F)(F)C(F)(F)C(F)(F)C(F)(F)C(F)(F)F)c1ccccc1. The van der Waals surface area contributed by atoms with E-state index >= 15 is 0 Å². The van der Waals surface area contributed by atoms with E-state index in [2.05, 4.69) is 0 Å².